The van der Waals surface area contributed by atoms with Crippen LogP contribution < -0.4 is 20.5 Å². The van der Waals surface area contributed by atoms with Gasteiger partial charge < -0.3 is 20.1 Å². The summed E-state index contributed by atoms with van der Waals surface area (Å²) < 4.78 is 54.0. The van der Waals surface area contributed by atoms with Crippen molar-refractivity contribution in [2.24, 2.45) is 0 Å². The van der Waals surface area contributed by atoms with Crippen molar-refractivity contribution in [3.63, 3.8) is 0 Å². The van der Waals surface area contributed by atoms with Gasteiger partial charge in [0.15, 0.2) is 0 Å². The van der Waals surface area contributed by atoms with Gasteiger partial charge in [-0.05, 0) is 67.7 Å². The average Bonchev–Trinajstić information content (AvgIpc) is 3.64. The van der Waals surface area contributed by atoms with Crippen molar-refractivity contribution in [2.45, 2.75) is 69.2 Å². The fraction of sp³-hybridized carbons (Fsp3) is 0.485. The van der Waals surface area contributed by atoms with Crippen molar-refractivity contribution in [3.05, 3.63) is 58.3 Å². The number of alkyl halides is 1. The van der Waals surface area contributed by atoms with E-state index >= 15 is 0 Å². The molecule has 0 saturated carbocycles. The molecule has 0 radical (unpaired) electrons. The summed E-state index contributed by atoms with van der Waals surface area (Å²) in [5.41, 5.74) is -0.433. The van der Waals surface area contributed by atoms with Gasteiger partial charge in [0.05, 0.1) is 16.6 Å². The third-order valence-corrected chi connectivity index (χ3v) is 9.90. The third kappa shape index (κ3) is 4.42. The summed E-state index contributed by atoms with van der Waals surface area (Å²) in [4.78, 5) is 27.5. The Morgan fingerprint density at radius 2 is 2.00 bits per heavy atom. The van der Waals surface area contributed by atoms with Gasteiger partial charge in [-0.3, -0.25) is 14.3 Å². The lowest BCUT2D eigenvalue weighted by atomic mass is 9.95. The van der Waals surface area contributed by atoms with Gasteiger partial charge in [0, 0.05) is 58.5 Å². The van der Waals surface area contributed by atoms with E-state index in [1.165, 1.54) is 16.7 Å². The molecule has 2 bridgehead atoms. The lowest BCUT2D eigenvalue weighted by Crippen LogP contribution is -2.51. The van der Waals surface area contributed by atoms with E-state index in [-0.39, 0.29) is 43.3 Å². The molecule has 2 aromatic heterocycles. The second kappa shape index (κ2) is 10.4. The number of aromatic hydroxyl groups is 1. The minimum absolute atomic E-state index is 0.00662. The van der Waals surface area contributed by atoms with E-state index in [4.69, 9.17) is 12.5 Å². The van der Waals surface area contributed by atoms with Crippen molar-refractivity contribution in [3.8, 4) is 17.4 Å². The van der Waals surface area contributed by atoms with Gasteiger partial charge in [-0.15, -0.1) is 0 Å². The van der Waals surface area contributed by atoms with Crippen LogP contribution in [-0.4, -0.2) is 81.1 Å². The number of anilines is 1. The number of rotatable bonds is 6. The van der Waals surface area contributed by atoms with Crippen LogP contribution in [0.25, 0.3) is 27.4 Å². The quantitative estimate of drug-likeness (QED) is 0.338. The molecule has 4 aliphatic heterocycles. The van der Waals surface area contributed by atoms with Crippen LogP contribution in [-0.2, 0) is 6.42 Å². The summed E-state index contributed by atoms with van der Waals surface area (Å²) >= 11 is 0. The molecule has 4 saturated heterocycles. The Morgan fingerprint density at radius 1 is 1.18 bits per heavy atom. The minimum atomic E-state index is -1.63. The predicted octanol–water partition coefficient (Wildman–Crippen LogP) is 4.24. The molecule has 0 aliphatic carbocycles. The minimum Gasteiger partial charge on any atom is -0.508 e. The monoisotopic (exact) mass is 604 g/mol. The highest BCUT2D eigenvalue weighted by Crippen LogP contribution is 2.41. The van der Waals surface area contributed by atoms with Crippen molar-refractivity contribution in [2.75, 3.05) is 37.6 Å². The molecular weight excluding hydrogens is 566 g/mol. The van der Waals surface area contributed by atoms with Crippen molar-refractivity contribution >= 4 is 27.5 Å². The number of aromatic nitrogens is 3. The molecule has 2 N–H and O–H groups in total. The standard InChI is InChI=1S/C33H36F2N6O3/c1-2-24-26(35)7-4-19-12-23(42)13-27(28(19)24)41-11-8-25-29(31(41)43)37-32(38-30(25)39-16-21-5-6-22(17-39)36-21)44-18-33-9-3-10-40(33)15-20(34)14-33/h4,7-8,11-13,20-22,36,42H,2-3,5-6,9-10,14-18H2,1H3/t20-,21-,22+,33+/m1/s1/i10D2. The van der Waals surface area contributed by atoms with Crippen LogP contribution in [0.4, 0.5) is 14.6 Å². The summed E-state index contributed by atoms with van der Waals surface area (Å²) in [5.74, 6) is 0.112. The largest absolute Gasteiger partial charge is 0.508 e. The Morgan fingerprint density at radius 3 is 2.80 bits per heavy atom. The normalized spacial score (nSPS) is 28.4. The maximum absolute atomic E-state index is 15.0. The lowest BCUT2D eigenvalue weighted by molar-refractivity contribution is 0.107. The Hall–Kier alpha value is -3.83. The van der Waals surface area contributed by atoms with Crippen LogP contribution >= 0.6 is 0 Å². The van der Waals surface area contributed by atoms with Crippen LogP contribution in [0, 0.1) is 5.82 Å². The van der Waals surface area contributed by atoms with Crippen LogP contribution in [0.1, 0.15) is 47.3 Å². The van der Waals surface area contributed by atoms with Gasteiger partial charge in [0.2, 0.25) is 0 Å². The number of fused-ring (bicyclic) bond motifs is 5. The van der Waals surface area contributed by atoms with Crippen molar-refractivity contribution in [1.29, 1.82) is 0 Å². The van der Waals surface area contributed by atoms with E-state index < -0.39 is 29.6 Å². The average molecular weight is 605 g/mol. The summed E-state index contributed by atoms with van der Waals surface area (Å²) in [5, 5.41) is 15.9. The van der Waals surface area contributed by atoms with Crippen molar-refractivity contribution in [1.82, 2.24) is 24.8 Å². The zero-order valence-corrected chi connectivity index (χ0v) is 24.5. The van der Waals surface area contributed by atoms with Gasteiger partial charge in [0.1, 0.15) is 35.7 Å². The molecule has 4 atom stereocenters. The van der Waals surface area contributed by atoms with E-state index in [2.05, 4.69) is 15.2 Å². The molecule has 9 nitrogen and oxygen atoms in total. The van der Waals surface area contributed by atoms with Crippen LogP contribution in [0.5, 0.6) is 11.8 Å². The number of halogens is 2. The summed E-state index contributed by atoms with van der Waals surface area (Å²) in [6.45, 7) is 1.60. The molecule has 0 unspecified atom stereocenters. The van der Waals surface area contributed by atoms with Crippen LogP contribution in [0.15, 0.2) is 41.3 Å². The summed E-state index contributed by atoms with van der Waals surface area (Å²) in [6, 6.07) is 8.28. The highest BCUT2D eigenvalue weighted by atomic mass is 19.1. The Labute approximate surface area is 256 Å². The second-order valence-corrected chi connectivity index (χ2v) is 12.7. The summed E-state index contributed by atoms with van der Waals surface area (Å²) in [7, 11) is 0. The maximum Gasteiger partial charge on any atom is 0.319 e. The number of nitrogens with one attached hydrogen (secondary N) is 1. The fourth-order valence-electron chi connectivity index (χ4n) is 7.84. The molecule has 4 fully saturated rings. The van der Waals surface area contributed by atoms with E-state index in [1.54, 1.807) is 29.3 Å². The highest BCUT2D eigenvalue weighted by Gasteiger charge is 2.49. The topological polar surface area (TPSA) is 95.8 Å². The van der Waals surface area contributed by atoms with E-state index in [1.807, 2.05) is 6.92 Å². The third-order valence-electron chi connectivity index (χ3n) is 9.90. The highest BCUT2D eigenvalue weighted by molar-refractivity contribution is 5.95. The van der Waals surface area contributed by atoms with Gasteiger partial charge in [-0.25, -0.2) is 8.78 Å². The Balaban J connectivity index is 1.27. The molecule has 44 heavy (non-hydrogen) atoms. The lowest BCUT2D eigenvalue weighted by Gasteiger charge is -2.34. The Bertz CT molecular complexity index is 1930. The molecule has 8 rings (SSSR count). The first-order chi connectivity index (χ1) is 22.0. The summed E-state index contributed by atoms with van der Waals surface area (Å²) in [6.07, 6.45) is 3.81. The van der Waals surface area contributed by atoms with Gasteiger partial charge in [-0.1, -0.05) is 13.0 Å². The van der Waals surface area contributed by atoms with E-state index in [0.717, 1.165) is 12.8 Å². The molecular formula is C33H36F2N6O3. The van der Waals surface area contributed by atoms with E-state index in [0.29, 0.717) is 71.2 Å². The first-order valence-electron chi connectivity index (χ1n) is 16.5. The number of phenolic OH excluding ortho intramolecular Hbond substituents is 1. The number of pyridine rings is 1. The number of benzene rings is 2. The molecule has 11 heteroatoms. The molecule has 0 amide bonds. The van der Waals surface area contributed by atoms with E-state index in [9.17, 15) is 18.7 Å². The zero-order chi connectivity index (χ0) is 32.0. The molecule has 4 aliphatic rings. The number of phenols is 1. The van der Waals surface area contributed by atoms with Gasteiger partial charge in [-0.2, -0.15) is 9.97 Å². The second-order valence-electron chi connectivity index (χ2n) is 12.7. The molecule has 0 spiro atoms. The maximum atomic E-state index is 15.0. The Kier molecular flexibility index (Phi) is 6.01. The zero-order valence-electron chi connectivity index (χ0n) is 26.5. The first kappa shape index (κ1) is 25.5. The van der Waals surface area contributed by atoms with Gasteiger partial charge >= 0.3 is 6.01 Å². The van der Waals surface area contributed by atoms with Gasteiger partial charge in [0.25, 0.3) is 5.56 Å². The van der Waals surface area contributed by atoms with Crippen LogP contribution in [0.2, 0.25) is 0 Å². The SMILES string of the molecule is [2H]C1([2H])CC[C@@]2(COc3nc(N4C[C@H]5CC[C@@H](C4)N5)c4ccn(-c5cc(O)cc6ccc(F)c(CC)c56)c(=O)c4n3)C[C@@H](F)CN12. The number of hydrogen-bond acceptors (Lipinski definition) is 8. The number of nitrogens with zero attached hydrogens (tertiary/aromatic N) is 5. The number of ether oxygens (including phenoxy) is 1. The first-order valence-corrected chi connectivity index (χ1v) is 15.5. The van der Waals surface area contributed by atoms with Crippen molar-refractivity contribution < 1.29 is 21.4 Å². The van der Waals surface area contributed by atoms with Crippen LogP contribution in [0.3, 0.4) is 0 Å². The molecule has 2 aromatic carbocycles. The number of piperazine rings is 1. The number of hydrogen-bond donors (Lipinski definition) is 2. The molecule has 6 heterocycles. The molecule has 4 aromatic rings. The fourth-order valence-corrected chi connectivity index (χ4v) is 7.84. The smallest absolute Gasteiger partial charge is 0.319 e. The predicted molar refractivity (Wildman–Crippen MR) is 164 cm³/mol. The molecule has 230 valence electrons. The number of aryl methyl sites for hydroxylation is 1.